The molecular weight excluding hydrogens is 351 g/mol. The number of fused-ring (bicyclic) bond motifs is 1. The molecule has 0 aliphatic rings. The van der Waals surface area contributed by atoms with Gasteiger partial charge in [0.2, 0.25) is 0 Å². The minimum atomic E-state index is -1.73. The number of hydrogen-bond acceptors (Lipinski definition) is 4. The number of carboxylic acids is 1. The van der Waals surface area contributed by atoms with Gasteiger partial charge in [-0.3, -0.25) is 9.48 Å². The van der Waals surface area contributed by atoms with E-state index in [0.717, 1.165) is 12.1 Å². The fraction of sp³-hybridized carbons (Fsp3) is 0.263. The number of amides is 1. The lowest BCUT2D eigenvalue weighted by atomic mass is 9.91. The van der Waals surface area contributed by atoms with Gasteiger partial charge in [-0.2, -0.15) is 5.10 Å². The molecule has 3 aromatic rings. The van der Waals surface area contributed by atoms with Gasteiger partial charge in [-0.05, 0) is 44.5 Å². The Morgan fingerprint density at radius 2 is 1.85 bits per heavy atom. The zero-order chi connectivity index (χ0) is 19.9. The van der Waals surface area contributed by atoms with Gasteiger partial charge in [0.1, 0.15) is 5.82 Å². The topological polar surface area (TPSA) is 97.1 Å². The first-order valence-corrected chi connectivity index (χ1v) is 8.26. The lowest BCUT2D eigenvalue weighted by Gasteiger charge is -2.27. The van der Waals surface area contributed by atoms with E-state index in [1.165, 1.54) is 19.1 Å². The number of halogens is 1. The summed E-state index contributed by atoms with van der Waals surface area (Å²) in [6, 6.07) is 6.59. The van der Waals surface area contributed by atoms with Crippen molar-refractivity contribution in [3.63, 3.8) is 0 Å². The van der Waals surface area contributed by atoms with E-state index in [2.05, 4.69) is 15.4 Å². The van der Waals surface area contributed by atoms with Crippen LogP contribution in [0.1, 0.15) is 34.2 Å². The van der Waals surface area contributed by atoms with Gasteiger partial charge in [-0.25, -0.2) is 14.2 Å². The van der Waals surface area contributed by atoms with Crippen LogP contribution in [0, 0.1) is 19.7 Å². The van der Waals surface area contributed by atoms with Crippen LogP contribution in [0.2, 0.25) is 0 Å². The third-order valence-corrected chi connectivity index (χ3v) is 4.55. The molecule has 1 atom stereocenters. The fourth-order valence-corrected chi connectivity index (χ4v) is 3.08. The van der Waals surface area contributed by atoms with Gasteiger partial charge in [0.05, 0.1) is 16.6 Å². The molecular formula is C19H19FN4O3. The van der Waals surface area contributed by atoms with Gasteiger partial charge in [0, 0.05) is 12.7 Å². The van der Waals surface area contributed by atoms with Gasteiger partial charge >= 0.3 is 5.97 Å². The van der Waals surface area contributed by atoms with Crippen molar-refractivity contribution in [3.8, 4) is 0 Å². The van der Waals surface area contributed by atoms with Crippen molar-refractivity contribution < 1.29 is 19.1 Å². The van der Waals surface area contributed by atoms with Crippen molar-refractivity contribution in [3.05, 3.63) is 58.7 Å². The first kappa shape index (κ1) is 18.5. The average molecular weight is 370 g/mol. The highest BCUT2D eigenvalue weighted by Gasteiger charge is 2.37. The largest absolute Gasteiger partial charge is 0.479 e. The molecule has 0 bridgehead atoms. The number of carbonyl (C=O) groups is 2. The van der Waals surface area contributed by atoms with E-state index in [-0.39, 0.29) is 11.1 Å². The highest BCUT2D eigenvalue weighted by molar-refractivity contribution is 6.08. The number of nitrogens with one attached hydrogen (secondary N) is 1. The zero-order valence-electron chi connectivity index (χ0n) is 15.4. The molecule has 3 rings (SSSR count). The second-order valence-electron chi connectivity index (χ2n) is 6.61. The van der Waals surface area contributed by atoms with E-state index in [1.807, 2.05) is 0 Å². The van der Waals surface area contributed by atoms with Gasteiger partial charge in [0.25, 0.3) is 5.91 Å². The molecule has 2 N–H and O–H groups in total. The standard InChI is InChI=1S/C19H19FN4O3/c1-10-9-14(15-11(2)23-24(4)16(15)21-10)17(25)22-19(3,18(26)27)12-5-7-13(20)8-6-12/h5-9H,1-4H3,(H,22,25)(H,26,27). The summed E-state index contributed by atoms with van der Waals surface area (Å²) in [4.78, 5) is 29.4. The molecule has 7 nitrogen and oxygen atoms in total. The number of pyridine rings is 1. The van der Waals surface area contributed by atoms with E-state index in [0.29, 0.717) is 22.4 Å². The van der Waals surface area contributed by atoms with Crippen LogP contribution in [0.25, 0.3) is 11.0 Å². The Bertz CT molecular complexity index is 1060. The first-order chi connectivity index (χ1) is 12.6. The zero-order valence-corrected chi connectivity index (χ0v) is 15.4. The summed E-state index contributed by atoms with van der Waals surface area (Å²) in [7, 11) is 1.73. The minimum absolute atomic E-state index is 0.259. The van der Waals surface area contributed by atoms with Crippen LogP contribution >= 0.6 is 0 Å². The lowest BCUT2D eigenvalue weighted by molar-refractivity contribution is -0.144. The molecule has 140 valence electrons. The summed E-state index contributed by atoms with van der Waals surface area (Å²) < 4.78 is 14.8. The quantitative estimate of drug-likeness (QED) is 0.735. The first-order valence-electron chi connectivity index (χ1n) is 8.26. The van der Waals surface area contributed by atoms with E-state index in [1.54, 1.807) is 31.6 Å². The van der Waals surface area contributed by atoms with E-state index < -0.39 is 23.2 Å². The molecule has 1 unspecified atom stereocenters. The second kappa shape index (κ2) is 6.46. The van der Waals surface area contributed by atoms with Crippen LogP contribution in [-0.4, -0.2) is 31.7 Å². The third-order valence-electron chi connectivity index (χ3n) is 4.55. The minimum Gasteiger partial charge on any atom is -0.479 e. The number of aryl methyl sites for hydroxylation is 3. The van der Waals surface area contributed by atoms with Crippen molar-refractivity contribution in [1.82, 2.24) is 20.1 Å². The fourth-order valence-electron chi connectivity index (χ4n) is 3.08. The number of nitrogens with zero attached hydrogens (tertiary/aromatic N) is 3. The molecule has 0 radical (unpaired) electrons. The second-order valence-corrected chi connectivity index (χ2v) is 6.61. The Morgan fingerprint density at radius 3 is 2.44 bits per heavy atom. The summed E-state index contributed by atoms with van der Waals surface area (Å²) in [5.41, 5.74) is 0.576. The van der Waals surface area contributed by atoms with Crippen LogP contribution < -0.4 is 5.32 Å². The predicted molar refractivity (Wildman–Crippen MR) is 96.8 cm³/mol. The van der Waals surface area contributed by atoms with Gasteiger partial charge in [-0.15, -0.1) is 0 Å². The molecule has 27 heavy (non-hydrogen) atoms. The van der Waals surface area contributed by atoms with Crippen LogP contribution in [0.3, 0.4) is 0 Å². The average Bonchev–Trinajstić information content (AvgIpc) is 2.88. The molecule has 0 spiro atoms. The van der Waals surface area contributed by atoms with Crippen LogP contribution in [0.5, 0.6) is 0 Å². The molecule has 0 saturated carbocycles. The predicted octanol–water partition coefficient (Wildman–Crippen LogP) is 2.45. The molecule has 8 heteroatoms. The SMILES string of the molecule is Cc1cc(C(=O)NC(C)(C(=O)O)c2ccc(F)cc2)c2c(C)nn(C)c2n1. The van der Waals surface area contributed by atoms with E-state index >= 15 is 0 Å². The number of benzene rings is 1. The molecule has 1 aromatic carbocycles. The number of carboxylic acid groups (broad SMARTS) is 1. The lowest BCUT2D eigenvalue weighted by Crippen LogP contribution is -2.49. The van der Waals surface area contributed by atoms with Crippen LogP contribution in [0.4, 0.5) is 4.39 Å². The summed E-state index contributed by atoms with van der Waals surface area (Å²) in [5, 5.41) is 17.2. The molecule has 0 saturated heterocycles. The molecule has 2 aromatic heterocycles. The number of hydrogen-bond donors (Lipinski definition) is 2. The Labute approximate surface area is 154 Å². The molecule has 2 heterocycles. The van der Waals surface area contributed by atoms with Crippen molar-refractivity contribution >= 4 is 22.9 Å². The van der Waals surface area contributed by atoms with Gasteiger partial charge < -0.3 is 10.4 Å². The normalized spacial score (nSPS) is 13.4. The number of carbonyl (C=O) groups excluding carboxylic acids is 1. The van der Waals surface area contributed by atoms with Crippen LogP contribution in [-0.2, 0) is 17.4 Å². The van der Waals surface area contributed by atoms with E-state index in [9.17, 15) is 19.1 Å². The monoisotopic (exact) mass is 370 g/mol. The number of rotatable bonds is 4. The Hall–Kier alpha value is -3.29. The smallest absolute Gasteiger partial charge is 0.333 e. The number of aromatic nitrogens is 3. The van der Waals surface area contributed by atoms with Gasteiger partial charge in [-0.1, -0.05) is 12.1 Å². The van der Waals surface area contributed by atoms with Crippen molar-refractivity contribution in [2.75, 3.05) is 0 Å². The maximum atomic E-state index is 13.2. The highest BCUT2D eigenvalue weighted by atomic mass is 19.1. The summed E-state index contributed by atoms with van der Waals surface area (Å²) >= 11 is 0. The summed E-state index contributed by atoms with van der Waals surface area (Å²) in [5.74, 6) is -2.32. The van der Waals surface area contributed by atoms with Gasteiger partial charge in [0.15, 0.2) is 11.2 Å². The molecule has 1 amide bonds. The van der Waals surface area contributed by atoms with E-state index in [4.69, 9.17) is 0 Å². The Balaban J connectivity index is 2.09. The Kier molecular flexibility index (Phi) is 4.43. The Morgan fingerprint density at radius 1 is 1.22 bits per heavy atom. The summed E-state index contributed by atoms with van der Waals surface area (Å²) in [6.07, 6.45) is 0. The molecule has 0 aliphatic heterocycles. The van der Waals surface area contributed by atoms with Crippen LogP contribution in [0.15, 0.2) is 30.3 Å². The number of aliphatic carboxylic acids is 1. The maximum Gasteiger partial charge on any atom is 0.333 e. The molecule has 0 fully saturated rings. The third kappa shape index (κ3) is 3.14. The van der Waals surface area contributed by atoms with Crippen molar-refractivity contribution in [2.24, 2.45) is 7.05 Å². The van der Waals surface area contributed by atoms with Crippen molar-refractivity contribution in [1.29, 1.82) is 0 Å². The highest BCUT2D eigenvalue weighted by Crippen LogP contribution is 2.25. The summed E-state index contributed by atoms with van der Waals surface area (Å²) in [6.45, 7) is 4.86. The maximum absolute atomic E-state index is 13.2. The molecule has 0 aliphatic carbocycles. The van der Waals surface area contributed by atoms with Crippen molar-refractivity contribution in [2.45, 2.75) is 26.3 Å².